The number of ether oxygens (including phenoxy) is 1. The molecular formula is C27H22N2O5. The predicted octanol–water partition coefficient (Wildman–Crippen LogP) is 2.49. The molecule has 7 nitrogen and oxygen atoms in total. The first-order valence-electron chi connectivity index (χ1n) is 11.4. The van der Waals surface area contributed by atoms with Crippen molar-refractivity contribution in [1.29, 1.82) is 0 Å². The molecule has 0 unspecified atom stereocenters. The lowest BCUT2D eigenvalue weighted by Gasteiger charge is -2.33. The smallest absolute Gasteiger partial charge is 0.298 e. The number of fused-ring (bicyclic) bond motifs is 2. The largest absolute Gasteiger partial charge is 0.545 e. The molecule has 34 heavy (non-hydrogen) atoms. The van der Waals surface area contributed by atoms with Gasteiger partial charge in [-0.15, -0.1) is 0 Å². The van der Waals surface area contributed by atoms with Crippen LogP contribution in [-0.4, -0.2) is 38.6 Å². The Morgan fingerprint density at radius 1 is 1.00 bits per heavy atom. The first-order chi connectivity index (χ1) is 16.6. The van der Waals surface area contributed by atoms with Crippen molar-refractivity contribution >= 4 is 29.1 Å². The SMILES string of the molecule is O=COc1ccc(C(=O)[O-])c(-c2c3ccc(=[N+]4CCC4)cc-3oc3cc(N4CCC4)ccc23)c1. The number of hydrogen-bond donors (Lipinski definition) is 0. The van der Waals surface area contributed by atoms with Crippen LogP contribution in [0.2, 0.25) is 0 Å². The maximum absolute atomic E-state index is 12.1. The van der Waals surface area contributed by atoms with E-state index in [0.29, 0.717) is 28.9 Å². The molecule has 7 heteroatoms. The fourth-order valence-electron chi connectivity index (χ4n) is 4.74. The molecule has 3 aliphatic heterocycles. The van der Waals surface area contributed by atoms with E-state index in [-0.39, 0.29) is 11.3 Å². The Hall–Kier alpha value is -4.13. The molecule has 0 aromatic heterocycles. The van der Waals surface area contributed by atoms with Crippen molar-refractivity contribution in [3.8, 4) is 28.2 Å². The molecule has 0 radical (unpaired) electrons. The first kappa shape index (κ1) is 20.5. The summed E-state index contributed by atoms with van der Waals surface area (Å²) in [5.74, 6) is -0.380. The zero-order chi connectivity index (χ0) is 23.2. The predicted molar refractivity (Wildman–Crippen MR) is 126 cm³/mol. The molecule has 0 atom stereocenters. The van der Waals surface area contributed by atoms with Crippen LogP contribution < -0.4 is 24.7 Å². The van der Waals surface area contributed by atoms with Crippen molar-refractivity contribution in [2.45, 2.75) is 12.8 Å². The fourth-order valence-corrected chi connectivity index (χ4v) is 4.74. The van der Waals surface area contributed by atoms with E-state index in [2.05, 4.69) is 9.48 Å². The molecule has 4 aliphatic rings. The van der Waals surface area contributed by atoms with Crippen LogP contribution in [-0.2, 0) is 4.79 Å². The number of carboxylic acid groups (broad SMARTS) is 1. The Morgan fingerprint density at radius 2 is 1.85 bits per heavy atom. The lowest BCUT2D eigenvalue weighted by Crippen LogP contribution is -2.40. The van der Waals surface area contributed by atoms with Gasteiger partial charge in [0.15, 0.2) is 0 Å². The molecule has 6 rings (SSSR count). The van der Waals surface area contributed by atoms with Crippen LogP contribution >= 0.6 is 0 Å². The van der Waals surface area contributed by atoms with E-state index < -0.39 is 5.97 Å². The zero-order valence-electron chi connectivity index (χ0n) is 18.5. The Kier molecular flexibility index (Phi) is 4.83. The number of hydrogen-bond acceptors (Lipinski definition) is 6. The summed E-state index contributed by atoms with van der Waals surface area (Å²) in [4.78, 5) is 25.3. The highest BCUT2D eigenvalue weighted by Crippen LogP contribution is 2.43. The van der Waals surface area contributed by atoms with E-state index in [4.69, 9.17) is 9.15 Å². The molecule has 3 heterocycles. The van der Waals surface area contributed by atoms with Crippen molar-refractivity contribution in [2.75, 3.05) is 31.1 Å². The molecule has 2 saturated heterocycles. The standard InChI is InChI=1S/C27H22N2O5/c30-16-33-19-5-8-20(27(31)32)23(15-19)26-21-6-3-17(28-9-1-10-28)13-24(21)34-25-14-18(4-7-22(25)26)29-11-2-12-29/h3-8,13-16H,1-2,9-12H2. The van der Waals surface area contributed by atoms with Crippen LogP contribution in [0.4, 0.5) is 5.69 Å². The molecule has 2 aromatic carbocycles. The molecular weight excluding hydrogens is 432 g/mol. The molecule has 0 spiro atoms. The highest BCUT2D eigenvalue weighted by atomic mass is 16.5. The van der Waals surface area contributed by atoms with Crippen LogP contribution in [0.15, 0.2) is 59.0 Å². The quantitative estimate of drug-likeness (QED) is 0.262. The third kappa shape index (κ3) is 3.32. The Labute approximate surface area is 195 Å². The second kappa shape index (κ2) is 8.02. The molecule has 170 valence electrons. The molecule has 2 aromatic rings. The van der Waals surface area contributed by atoms with Crippen LogP contribution in [0.3, 0.4) is 0 Å². The maximum Gasteiger partial charge on any atom is 0.298 e. The third-order valence-electron chi connectivity index (χ3n) is 6.80. The van der Waals surface area contributed by atoms with Crippen LogP contribution in [0.1, 0.15) is 23.2 Å². The van der Waals surface area contributed by atoms with E-state index in [1.54, 1.807) is 6.07 Å². The van der Waals surface area contributed by atoms with Gasteiger partial charge >= 0.3 is 0 Å². The number of aromatic carboxylic acids is 1. The second-order valence-corrected chi connectivity index (χ2v) is 8.73. The lowest BCUT2D eigenvalue weighted by molar-refractivity contribution is -0.254. The summed E-state index contributed by atoms with van der Waals surface area (Å²) < 4.78 is 13.7. The number of rotatable bonds is 5. The summed E-state index contributed by atoms with van der Waals surface area (Å²) in [5.41, 5.74) is 3.66. The molecule has 1 aliphatic carbocycles. The fraction of sp³-hybridized carbons (Fsp3) is 0.222. The average Bonchev–Trinajstić information content (AvgIpc) is 2.75. The van der Waals surface area contributed by atoms with Gasteiger partial charge in [-0.05, 0) is 48.4 Å². The van der Waals surface area contributed by atoms with Crippen LogP contribution in [0.5, 0.6) is 5.75 Å². The highest BCUT2D eigenvalue weighted by Gasteiger charge is 2.24. The minimum atomic E-state index is -1.30. The van der Waals surface area contributed by atoms with Gasteiger partial charge in [0.1, 0.15) is 30.2 Å². The third-order valence-corrected chi connectivity index (χ3v) is 6.80. The van der Waals surface area contributed by atoms with E-state index >= 15 is 0 Å². The van der Waals surface area contributed by atoms with Gasteiger partial charge in [0.25, 0.3) is 6.47 Å². The maximum atomic E-state index is 12.1. The topological polar surface area (TPSA) is 85.8 Å². The zero-order valence-corrected chi connectivity index (χ0v) is 18.5. The van der Waals surface area contributed by atoms with Gasteiger partial charge in [-0.25, -0.2) is 4.58 Å². The van der Waals surface area contributed by atoms with Gasteiger partial charge in [0.05, 0.1) is 18.5 Å². The van der Waals surface area contributed by atoms with Crippen molar-refractivity contribution in [3.05, 3.63) is 65.5 Å². The summed E-state index contributed by atoms with van der Waals surface area (Å²) >= 11 is 0. The minimum absolute atomic E-state index is 0.0192. The summed E-state index contributed by atoms with van der Waals surface area (Å²) in [6, 6.07) is 16.5. The van der Waals surface area contributed by atoms with Gasteiger partial charge in [-0.1, -0.05) is 0 Å². The molecule has 0 N–H and O–H groups in total. The Balaban J connectivity index is 1.68. The average molecular weight is 454 g/mol. The van der Waals surface area contributed by atoms with Gasteiger partial charge < -0.3 is 24.0 Å². The number of nitrogens with zero attached hydrogens (tertiary/aromatic N) is 2. The second-order valence-electron chi connectivity index (χ2n) is 8.73. The monoisotopic (exact) mass is 454 g/mol. The number of carbonyl (C=O) groups excluding carboxylic acids is 2. The van der Waals surface area contributed by atoms with Crippen molar-refractivity contribution in [3.63, 3.8) is 0 Å². The highest BCUT2D eigenvalue weighted by molar-refractivity contribution is 6.07. The van der Waals surface area contributed by atoms with E-state index in [1.807, 2.05) is 36.4 Å². The molecule has 0 bridgehead atoms. The lowest BCUT2D eigenvalue weighted by atomic mass is 9.90. The van der Waals surface area contributed by atoms with Crippen LogP contribution in [0, 0.1) is 0 Å². The van der Waals surface area contributed by atoms with Gasteiger partial charge in [0, 0.05) is 53.0 Å². The summed E-state index contributed by atoms with van der Waals surface area (Å²) in [6.45, 7) is 4.35. The van der Waals surface area contributed by atoms with E-state index in [9.17, 15) is 14.7 Å². The van der Waals surface area contributed by atoms with Gasteiger partial charge in [-0.2, -0.15) is 0 Å². The number of carbonyl (C=O) groups is 2. The molecule has 0 amide bonds. The Morgan fingerprint density at radius 3 is 2.53 bits per heavy atom. The minimum Gasteiger partial charge on any atom is -0.545 e. The molecule has 0 saturated carbocycles. The van der Waals surface area contributed by atoms with E-state index in [0.717, 1.165) is 61.0 Å². The summed E-state index contributed by atoms with van der Waals surface area (Å²) in [5, 5.41) is 13.9. The number of carboxylic acids is 1. The summed E-state index contributed by atoms with van der Waals surface area (Å²) in [6.07, 6.45) is 2.33. The van der Waals surface area contributed by atoms with Gasteiger partial charge in [-0.3, -0.25) is 4.79 Å². The number of anilines is 1. The van der Waals surface area contributed by atoms with Crippen molar-refractivity contribution in [1.82, 2.24) is 4.58 Å². The van der Waals surface area contributed by atoms with E-state index in [1.165, 1.54) is 12.1 Å². The first-order valence-corrected chi connectivity index (χ1v) is 11.4. The summed E-state index contributed by atoms with van der Waals surface area (Å²) in [7, 11) is 0. The molecule has 2 fully saturated rings. The van der Waals surface area contributed by atoms with Crippen molar-refractivity contribution in [2.24, 2.45) is 0 Å². The number of benzene rings is 3. The Bertz CT molecular complexity index is 1490. The van der Waals surface area contributed by atoms with Crippen molar-refractivity contribution < 1.29 is 23.8 Å². The van der Waals surface area contributed by atoms with Gasteiger partial charge in [0.2, 0.25) is 5.36 Å². The normalized spacial score (nSPS) is 15.2. The van der Waals surface area contributed by atoms with Crippen LogP contribution in [0.25, 0.3) is 33.4 Å².